The lowest BCUT2D eigenvalue weighted by atomic mass is 9.65. The first kappa shape index (κ1) is 25.9. The van der Waals surface area contributed by atoms with E-state index in [2.05, 4.69) is 6.58 Å². The lowest BCUT2D eigenvalue weighted by Crippen LogP contribution is -2.43. The minimum absolute atomic E-state index is 0.480. The first-order chi connectivity index (χ1) is 17.0. The zero-order chi connectivity index (χ0) is 25.3. The monoisotopic (exact) mass is 474 g/mol. The highest BCUT2D eigenvalue weighted by molar-refractivity contribution is 5.81. The highest BCUT2D eigenvalue weighted by atomic mass is 16.5. The normalized spacial score (nSPS) is 11.9. The second-order valence-corrected chi connectivity index (χ2v) is 7.88. The Bertz CT molecular complexity index is 1020. The van der Waals surface area contributed by atoms with Gasteiger partial charge < -0.3 is 18.9 Å². The van der Waals surface area contributed by atoms with Gasteiger partial charge in [0.2, 0.25) is 0 Å². The smallest absolute Gasteiger partial charge is 0.330 e. The Kier molecular flexibility index (Phi) is 8.96. The average molecular weight is 475 g/mol. The summed E-state index contributed by atoms with van der Waals surface area (Å²) in [6.45, 7) is 12.8. The molecule has 0 aliphatic rings. The van der Waals surface area contributed by atoms with Crippen LogP contribution in [-0.4, -0.2) is 31.9 Å². The van der Waals surface area contributed by atoms with E-state index >= 15 is 0 Å². The van der Waals surface area contributed by atoms with E-state index < -0.39 is 17.5 Å². The molecule has 3 aromatic carbocycles. The maximum Gasteiger partial charge on any atom is 0.330 e. The SMILES string of the molecule is C=CC(=O)OC(C)C(c1ccccc1OCC)(c1ccccc1OCC)c1ccccc1OCC. The van der Waals surface area contributed by atoms with E-state index in [9.17, 15) is 4.79 Å². The molecule has 3 rings (SSSR count). The minimum atomic E-state index is -1.03. The topological polar surface area (TPSA) is 54.0 Å². The average Bonchev–Trinajstić information content (AvgIpc) is 2.87. The van der Waals surface area contributed by atoms with Crippen molar-refractivity contribution in [2.75, 3.05) is 19.8 Å². The van der Waals surface area contributed by atoms with E-state index in [4.69, 9.17) is 18.9 Å². The van der Waals surface area contributed by atoms with Gasteiger partial charge in [0.15, 0.2) is 0 Å². The van der Waals surface area contributed by atoms with Gasteiger partial charge in [0.05, 0.1) is 25.2 Å². The summed E-state index contributed by atoms with van der Waals surface area (Å²) in [6, 6.07) is 23.5. The third-order valence-corrected chi connectivity index (χ3v) is 5.90. The molecular weight excluding hydrogens is 440 g/mol. The van der Waals surface area contributed by atoms with Crippen LogP contribution >= 0.6 is 0 Å². The van der Waals surface area contributed by atoms with Crippen LogP contribution in [0.3, 0.4) is 0 Å². The third kappa shape index (κ3) is 5.19. The van der Waals surface area contributed by atoms with Crippen molar-refractivity contribution in [1.82, 2.24) is 0 Å². The van der Waals surface area contributed by atoms with Gasteiger partial charge in [-0.25, -0.2) is 4.79 Å². The molecule has 0 aromatic heterocycles. The van der Waals surface area contributed by atoms with Gasteiger partial charge in [0, 0.05) is 22.8 Å². The predicted molar refractivity (Wildman–Crippen MR) is 138 cm³/mol. The molecule has 0 fully saturated rings. The number of benzene rings is 3. The number of carbonyl (C=O) groups excluding carboxylic acids is 1. The number of esters is 1. The number of para-hydroxylation sites is 3. The summed E-state index contributed by atoms with van der Waals surface area (Å²) < 4.78 is 24.4. The van der Waals surface area contributed by atoms with E-state index in [1.165, 1.54) is 6.08 Å². The van der Waals surface area contributed by atoms with Crippen molar-refractivity contribution in [3.63, 3.8) is 0 Å². The lowest BCUT2D eigenvalue weighted by Gasteiger charge is -2.42. The summed E-state index contributed by atoms with van der Waals surface area (Å²) in [5.41, 5.74) is 1.49. The van der Waals surface area contributed by atoms with Crippen molar-refractivity contribution >= 4 is 5.97 Å². The molecular formula is C30H34O5. The van der Waals surface area contributed by atoms with Crippen LogP contribution in [0.25, 0.3) is 0 Å². The molecule has 0 N–H and O–H groups in total. The van der Waals surface area contributed by atoms with E-state index in [1.807, 2.05) is 100 Å². The van der Waals surface area contributed by atoms with Crippen LogP contribution in [0.5, 0.6) is 17.2 Å². The summed E-state index contributed by atoms with van der Waals surface area (Å²) >= 11 is 0. The molecule has 3 aromatic rings. The number of hydrogen-bond acceptors (Lipinski definition) is 5. The molecule has 0 aliphatic carbocycles. The van der Waals surface area contributed by atoms with Crippen molar-refractivity contribution < 1.29 is 23.7 Å². The Morgan fingerprint density at radius 3 is 1.40 bits per heavy atom. The molecule has 5 nitrogen and oxygen atoms in total. The van der Waals surface area contributed by atoms with E-state index in [1.54, 1.807) is 0 Å². The van der Waals surface area contributed by atoms with Crippen molar-refractivity contribution in [2.45, 2.75) is 39.2 Å². The van der Waals surface area contributed by atoms with E-state index in [-0.39, 0.29) is 0 Å². The van der Waals surface area contributed by atoms with Crippen molar-refractivity contribution in [3.8, 4) is 17.2 Å². The fourth-order valence-electron chi connectivity index (χ4n) is 4.62. The van der Waals surface area contributed by atoms with Crippen LogP contribution in [0.4, 0.5) is 0 Å². The van der Waals surface area contributed by atoms with Crippen LogP contribution in [0.2, 0.25) is 0 Å². The van der Waals surface area contributed by atoms with Gasteiger partial charge in [-0.15, -0.1) is 0 Å². The second-order valence-electron chi connectivity index (χ2n) is 7.88. The molecule has 1 atom stereocenters. The predicted octanol–water partition coefficient (Wildman–Crippen LogP) is 6.33. The van der Waals surface area contributed by atoms with Crippen molar-refractivity contribution in [3.05, 3.63) is 102 Å². The number of carbonyl (C=O) groups is 1. The summed E-state index contributed by atoms with van der Waals surface area (Å²) in [4.78, 5) is 12.6. The molecule has 35 heavy (non-hydrogen) atoms. The molecule has 1 unspecified atom stereocenters. The van der Waals surface area contributed by atoms with Crippen LogP contribution in [-0.2, 0) is 14.9 Å². The van der Waals surface area contributed by atoms with Crippen LogP contribution in [0.15, 0.2) is 85.5 Å². The van der Waals surface area contributed by atoms with Gasteiger partial charge in [0.1, 0.15) is 23.4 Å². The summed E-state index contributed by atoms with van der Waals surface area (Å²) in [5.74, 6) is 1.55. The Labute approximate surface area is 208 Å². The molecule has 0 aliphatic heterocycles. The van der Waals surface area contributed by atoms with Crippen LogP contribution in [0.1, 0.15) is 44.4 Å². The molecule has 0 heterocycles. The standard InChI is InChI=1S/C30H34O5/c1-6-29(31)35-22(5)30(23-16-10-13-19-26(23)32-7-2,24-17-11-14-20-27(24)33-8-3)25-18-12-15-21-28(25)34-9-4/h6,10-22H,1,7-9H2,2-5H3. The van der Waals surface area contributed by atoms with Gasteiger partial charge in [-0.05, 0) is 45.9 Å². The van der Waals surface area contributed by atoms with Crippen molar-refractivity contribution in [2.24, 2.45) is 0 Å². The zero-order valence-electron chi connectivity index (χ0n) is 21.0. The fraction of sp³-hybridized carbons (Fsp3) is 0.300. The second kappa shape index (κ2) is 12.1. The molecule has 5 heteroatoms. The molecule has 0 spiro atoms. The Morgan fingerprint density at radius 1 is 0.743 bits per heavy atom. The number of ether oxygens (including phenoxy) is 4. The summed E-state index contributed by atoms with van der Waals surface area (Å²) in [6.07, 6.45) is 0.497. The summed E-state index contributed by atoms with van der Waals surface area (Å²) in [5, 5.41) is 0. The third-order valence-electron chi connectivity index (χ3n) is 5.90. The van der Waals surface area contributed by atoms with Gasteiger partial charge in [-0.3, -0.25) is 0 Å². The molecule has 0 bridgehead atoms. The molecule has 0 amide bonds. The lowest BCUT2D eigenvalue weighted by molar-refractivity contribution is -0.144. The molecule has 0 saturated heterocycles. The van der Waals surface area contributed by atoms with E-state index in [0.717, 1.165) is 16.7 Å². The Balaban J connectivity index is 2.53. The zero-order valence-corrected chi connectivity index (χ0v) is 21.0. The van der Waals surface area contributed by atoms with Crippen molar-refractivity contribution in [1.29, 1.82) is 0 Å². The Hall–Kier alpha value is -3.73. The quantitative estimate of drug-likeness (QED) is 0.174. The number of hydrogen-bond donors (Lipinski definition) is 0. The van der Waals surface area contributed by atoms with Gasteiger partial charge in [-0.2, -0.15) is 0 Å². The first-order valence-corrected chi connectivity index (χ1v) is 12.0. The first-order valence-electron chi connectivity index (χ1n) is 12.0. The van der Waals surface area contributed by atoms with E-state index in [0.29, 0.717) is 37.1 Å². The van der Waals surface area contributed by atoms with Gasteiger partial charge >= 0.3 is 5.97 Å². The van der Waals surface area contributed by atoms with Gasteiger partial charge in [0.25, 0.3) is 0 Å². The maximum atomic E-state index is 12.6. The fourth-order valence-corrected chi connectivity index (χ4v) is 4.62. The molecule has 184 valence electrons. The Morgan fingerprint density at radius 2 is 1.09 bits per heavy atom. The largest absolute Gasteiger partial charge is 0.494 e. The summed E-state index contributed by atoms with van der Waals surface area (Å²) in [7, 11) is 0. The molecule has 0 radical (unpaired) electrons. The van der Waals surface area contributed by atoms with Gasteiger partial charge in [-0.1, -0.05) is 61.2 Å². The van der Waals surface area contributed by atoms with Crippen LogP contribution in [0, 0.1) is 0 Å². The minimum Gasteiger partial charge on any atom is -0.494 e. The molecule has 0 saturated carbocycles. The highest BCUT2D eigenvalue weighted by Crippen LogP contribution is 2.52. The van der Waals surface area contributed by atoms with Crippen LogP contribution < -0.4 is 14.2 Å². The number of rotatable bonds is 12. The highest BCUT2D eigenvalue weighted by Gasteiger charge is 2.49. The maximum absolute atomic E-state index is 12.6.